The van der Waals surface area contributed by atoms with E-state index >= 15 is 0 Å². The van der Waals surface area contributed by atoms with Crippen molar-refractivity contribution in [3.8, 4) is 0 Å². The maximum absolute atomic E-state index is 12.2. The van der Waals surface area contributed by atoms with Gasteiger partial charge in [0.25, 0.3) is 5.89 Å². The standard InChI is InChI=1S/C14H20N2O3/c1-3-18-11-6-14(7-11)4-5-16(9-14)13(17)12-15-8-10(2)19-12/h8,11H,3-7,9H2,1-2H3. The van der Waals surface area contributed by atoms with Crippen LogP contribution in [0.4, 0.5) is 0 Å². The van der Waals surface area contributed by atoms with Crippen molar-refractivity contribution in [1.29, 1.82) is 0 Å². The third kappa shape index (κ3) is 2.27. The van der Waals surface area contributed by atoms with Crippen LogP contribution in [-0.2, 0) is 4.74 Å². The van der Waals surface area contributed by atoms with Gasteiger partial charge in [0.15, 0.2) is 0 Å². The van der Waals surface area contributed by atoms with Crippen molar-refractivity contribution in [1.82, 2.24) is 9.88 Å². The third-order valence-electron chi connectivity index (χ3n) is 4.25. The Morgan fingerprint density at radius 2 is 2.42 bits per heavy atom. The highest BCUT2D eigenvalue weighted by atomic mass is 16.5. The summed E-state index contributed by atoms with van der Waals surface area (Å²) < 4.78 is 10.9. The number of amides is 1. The molecule has 1 saturated heterocycles. The Balaban J connectivity index is 1.59. The molecule has 0 aromatic carbocycles. The molecular weight excluding hydrogens is 244 g/mol. The topological polar surface area (TPSA) is 55.6 Å². The van der Waals surface area contributed by atoms with Crippen molar-refractivity contribution in [2.45, 2.75) is 39.2 Å². The van der Waals surface area contributed by atoms with E-state index in [0.717, 1.165) is 39.0 Å². The van der Waals surface area contributed by atoms with Gasteiger partial charge >= 0.3 is 5.91 Å². The van der Waals surface area contributed by atoms with E-state index in [1.54, 1.807) is 13.1 Å². The summed E-state index contributed by atoms with van der Waals surface area (Å²) in [6, 6.07) is 0. The highest BCUT2D eigenvalue weighted by molar-refractivity contribution is 5.89. The van der Waals surface area contributed by atoms with Gasteiger partial charge < -0.3 is 14.1 Å². The predicted molar refractivity (Wildman–Crippen MR) is 68.8 cm³/mol. The van der Waals surface area contributed by atoms with E-state index < -0.39 is 0 Å². The molecule has 1 amide bonds. The fourth-order valence-corrected chi connectivity index (χ4v) is 3.29. The smallest absolute Gasteiger partial charge is 0.309 e. The molecule has 0 bridgehead atoms. The van der Waals surface area contributed by atoms with E-state index in [-0.39, 0.29) is 17.2 Å². The van der Waals surface area contributed by atoms with E-state index in [0.29, 0.717) is 11.9 Å². The quantitative estimate of drug-likeness (QED) is 0.838. The van der Waals surface area contributed by atoms with Crippen molar-refractivity contribution in [3.05, 3.63) is 17.8 Å². The zero-order valence-electron chi connectivity index (χ0n) is 11.5. The van der Waals surface area contributed by atoms with Crippen LogP contribution in [0.15, 0.2) is 10.6 Å². The predicted octanol–water partition coefficient (Wildman–Crippen LogP) is 2.01. The number of oxazole rings is 1. The summed E-state index contributed by atoms with van der Waals surface area (Å²) in [5, 5.41) is 0. The first-order chi connectivity index (χ1) is 9.12. The summed E-state index contributed by atoms with van der Waals surface area (Å²) >= 11 is 0. The molecular formula is C14H20N2O3. The zero-order chi connectivity index (χ0) is 13.5. The highest BCUT2D eigenvalue weighted by Crippen LogP contribution is 2.49. The van der Waals surface area contributed by atoms with Gasteiger partial charge in [-0.2, -0.15) is 0 Å². The number of likely N-dealkylation sites (tertiary alicyclic amines) is 1. The van der Waals surface area contributed by atoms with Crippen LogP contribution in [0.25, 0.3) is 0 Å². The van der Waals surface area contributed by atoms with Crippen molar-refractivity contribution >= 4 is 5.91 Å². The number of hydrogen-bond donors (Lipinski definition) is 0. The van der Waals surface area contributed by atoms with Crippen LogP contribution in [0, 0.1) is 12.3 Å². The lowest BCUT2D eigenvalue weighted by Gasteiger charge is -2.44. The molecule has 3 rings (SSSR count). The van der Waals surface area contributed by atoms with Gasteiger partial charge in [-0.25, -0.2) is 4.98 Å². The lowest BCUT2D eigenvalue weighted by molar-refractivity contribution is -0.0708. The second-order valence-corrected chi connectivity index (χ2v) is 5.74. The number of rotatable bonds is 3. The molecule has 2 heterocycles. The summed E-state index contributed by atoms with van der Waals surface area (Å²) in [6.07, 6.45) is 5.21. The van der Waals surface area contributed by atoms with Gasteiger partial charge in [0.1, 0.15) is 5.76 Å². The van der Waals surface area contributed by atoms with Gasteiger partial charge in [0.2, 0.25) is 0 Å². The van der Waals surface area contributed by atoms with Crippen LogP contribution in [0.5, 0.6) is 0 Å². The highest BCUT2D eigenvalue weighted by Gasteiger charge is 2.50. The summed E-state index contributed by atoms with van der Waals surface area (Å²) in [5.41, 5.74) is 0.289. The molecule has 104 valence electrons. The number of carbonyl (C=O) groups is 1. The molecule has 1 aliphatic heterocycles. The first-order valence-corrected chi connectivity index (χ1v) is 6.95. The molecule has 0 radical (unpaired) electrons. The van der Waals surface area contributed by atoms with E-state index in [2.05, 4.69) is 4.98 Å². The van der Waals surface area contributed by atoms with E-state index in [1.807, 2.05) is 11.8 Å². The van der Waals surface area contributed by atoms with Crippen molar-refractivity contribution in [2.24, 2.45) is 5.41 Å². The van der Waals surface area contributed by atoms with Crippen LogP contribution in [0.3, 0.4) is 0 Å². The van der Waals surface area contributed by atoms with Gasteiger partial charge in [-0.1, -0.05) is 0 Å². The average molecular weight is 264 g/mol. The Labute approximate surface area is 112 Å². The van der Waals surface area contributed by atoms with Crippen LogP contribution in [0.1, 0.15) is 42.6 Å². The lowest BCUT2D eigenvalue weighted by atomic mass is 9.66. The molecule has 19 heavy (non-hydrogen) atoms. The molecule has 0 unspecified atom stereocenters. The first kappa shape index (κ1) is 12.7. The van der Waals surface area contributed by atoms with Gasteiger partial charge in [0.05, 0.1) is 12.3 Å². The van der Waals surface area contributed by atoms with Gasteiger partial charge in [-0.3, -0.25) is 4.79 Å². The number of aromatic nitrogens is 1. The van der Waals surface area contributed by atoms with E-state index in [9.17, 15) is 4.79 Å². The molecule has 1 aliphatic carbocycles. The normalized spacial score (nSPS) is 29.8. The van der Waals surface area contributed by atoms with E-state index in [1.165, 1.54) is 0 Å². The molecule has 1 saturated carbocycles. The molecule has 1 aromatic heterocycles. The fourth-order valence-electron chi connectivity index (χ4n) is 3.29. The molecule has 0 atom stereocenters. The van der Waals surface area contributed by atoms with Crippen LogP contribution >= 0.6 is 0 Å². The van der Waals surface area contributed by atoms with Crippen LogP contribution in [-0.4, -0.2) is 41.6 Å². The minimum absolute atomic E-state index is 0.0789. The van der Waals surface area contributed by atoms with Crippen LogP contribution < -0.4 is 0 Å². The lowest BCUT2D eigenvalue weighted by Crippen LogP contribution is -2.45. The average Bonchev–Trinajstić information content (AvgIpc) is 2.95. The molecule has 2 fully saturated rings. The Morgan fingerprint density at radius 1 is 1.63 bits per heavy atom. The number of aryl methyl sites for hydroxylation is 1. The van der Waals surface area contributed by atoms with Gasteiger partial charge in [-0.15, -0.1) is 0 Å². The van der Waals surface area contributed by atoms with Crippen molar-refractivity contribution < 1.29 is 13.9 Å². The van der Waals surface area contributed by atoms with Crippen LogP contribution in [0.2, 0.25) is 0 Å². The van der Waals surface area contributed by atoms with E-state index in [4.69, 9.17) is 9.15 Å². The van der Waals surface area contributed by atoms with Crippen molar-refractivity contribution in [2.75, 3.05) is 19.7 Å². The monoisotopic (exact) mass is 264 g/mol. The largest absolute Gasteiger partial charge is 0.438 e. The minimum Gasteiger partial charge on any atom is -0.438 e. The summed E-state index contributed by atoms with van der Waals surface area (Å²) in [4.78, 5) is 18.1. The summed E-state index contributed by atoms with van der Waals surface area (Å²) in [6.45, 7) is 6.23. The second kappa shape index (κ2) is 4.63. The Kier molecular flexibility index (Phi) is 3.09. The molecule has 1 aromatic rings. The first-order valence-electron chi connectivity index (χ1n) is 6.95. The summed E-state index contributed by atoms with van der Waals surface area (Å²) in [5.74, 6) is 0.817. The van der Waals surface area contributed by atoms with Gasteiger partial charge in [0, 0.05) is 19.7 Å². The molecule has 5 nitrogen and oxygen atoms in total. The number of ether oxygens (including phenoxy) is 1. The minimum atomic E-state index is -0.0789. The third-order valence-corrected chi connectivity index (χ3v) is 4.25. The molecule has 5 heteroatoms. The molecule has 1 spiro atoms. The number of carbonyl (C=O) groups excluding carboxylic acids is 1. The zero-order valence-corrected chi connectivity index (χ0v) is 11.5. The SMILES string of the molecule is CCOC1CC2(CCN(C(=O)c3ncc(C)o3)C2)C1. The number of nitrogens with zero attached hydrogens (tertiary/aromatic N) is 2. The van der Waals surface area contributed by atoms with Crippen molar-refractivity contribution in [3.63, 3.8) is 0 Å². The fraction of sp³-hybridized carbons (Fsp3) is 0.714. The van der Waals surface area contributed by atoms with Gasteiger partial charge in [-0.05, 0) is 38.5 Å². The second-order valence-electron chi connectivity index (χ2n) is 5.74. The molecule has 2 aliphatic rings. The Hall–Kier alpha value is -1.36. The Morgan fingerprint density at radius 3 is 3.05 bits per heavy atom. The number of hydrogen-bond acceptors (Lipinski definition) is 4. The Bertz CT molecular complexity index is 477. The summed E-state index contributed by atoms with van der Waals surface area (Å²) in [7, 11) is 0. The maximum Gasteiger partial charge on any atom is 0.309 e. The molecule has 0 N–H and O–H groups in total. The maximum atomic E-state index is 12.2.